The number of aromatic nitrogens is 2. The highest BCUT2D eigenvalue weighted by Crippen LogP contribution is 2.21. The van der Waals surface area contributed by atoms with Crippen molar-refractivity contribution in [3.8, 4) is 5.88 Å². The van der Waals surface area contributed by atoms with Crippen molar-refractivity contribution in [1.82, 2.24) is 15.3 Å². The molecule has 0 aromatic carbocycles. The molecule has 2 aromatic heterocycles. The van der Waals surface area contributed by atoms with Crippen molar-refractivity contribution in [2.75, 3.05) is 14.2 Å². The Labute approximate surface area is 111 Å². The Bertz CT molecular complexity index is 473. The van der Waals surface area contributed by atoms with Gasteiger partial charge in [-0.1, -0.05) is 6.07 Å². The summed E-state index contributed by atoms with van der Waals surface area (Å²) in [5, 5.41) is 5.40. The third-order valence-electron chi connectivity index (χ3n) is 2.84. The van der Waals surface area contributed by atoms with Gasteiger partial charge < -0.3 is 10.1 Å². The van der Waals surface area contributed by atoms with E-state index in [1.807, 2.05) is 13.1 Å². The second kappa shape index (κ2) is 6.47. The summed E-state index contributed by atoms with van der Waals surface area (Å²) in [6.45, 7) is 0. The Morgan fingerprint density at radius 3 is 3.00 bits per heavy atom. The molecule has 0 fully saturated rings. The molecule has 0 bridgehead atoms. The number of hydrogen-bond acceptors (Lipinski definition) is 5. The summed E-state index contributed by atoms with van der Waals surface area (Å²) >= 11 is 1.79. The summed E-state index contributed by atoms with van der Waals surface area (Å²) in [7, 11) is 3.57. The van der Waals surface area contributed by atoms with Gasteiger partial charge in [0.2, 0.25) is 5.88 Å². The first-order valence-corrected chi connectivity index (χ1v) is 6.77. The number of nitrogens with zero attached hydrogens (tertiary/aromatic N) is 2. The Morgan fingerprint density at radius 2 is 2.33 bits per heavy atom. The lowest BCUT2D eigenvalue weighted by Gasteiger charge is -2.15. The molecule has 2 rings (SSSR count). The van der Waals surface area contributed by atoms with Gasteiger partial charge in [0.1, 0.15) is 6.33 Å². The van der Waals surface area contributed by atoms with Crippen LogP contribution >= 0.6 is 11.3 Å². The summed E-state index contributed by atoms with van der Waals surface area (Å²) in [6, 6.07) is 6.36. The normalized spacial score (nSPS) is 12.3. The van der Waals surface area contributed by atoms with Gasteiger partial charge in [-0.3, -0.25) is 0 Å². The van der Waals surface area contributed by atoms with E-state index in [9.17, 15) is 0 Å². The van der Waals surface area contributed by atoms with Crippen LogP contribution in [0.5, 0.6) is 5.88 Å². The minimum Gasteiger partial charge on any atom is -0.481 e. The highest BCUT2D eigenvalue weighted by atomic mass is 32.1. The molecule has 18 heavy (non-hydrogen) atoms. The van der Waals surface area contributed by atoms with Crippen LogP contribution in [0.4, 0.5) is 0 Å². The standard InChI is InChI=1S/C13H17N3OS/c1-14-11(6-5-10-4-3-7-18-10)12-8-13(17-2)16-9-15-12/h3-4,7-9,11,14H,5-6H2,1-2H3. The molecule has 0 aliphatic rings. The lowest BCUT2D eigenvalue weighted by molar-refractivity contribution is 0.393. The molecule has 0 saturated heterocycles. The molecule has 0 aliphatic heterocycles. The number of ether oxygens (including phenoxy) is 1. The third-order valence-corrected chi connectivity index (χ3v) is 3.77. The molecule has 1 atom stereocenters. The zero-order valence-electron chi connectivity index (χ0n) is 10.6. The van der Waals surface area contributed by atoms with E-state index in [1.165, 1.54) is 4.88 Å². The molecule has 0 aliphatic carbocycles. The fourth-order valence-electron chi connectivity index (χ4n) is 1.84. The van der Waals surface area contributed by atoms with Gasteiger partial charge in [-0.25, -0.2) is 9.97 Å². The van der Waals surface area contributed by atoms with Crippen molar-refractivity contribution < 1.29 is 4.74 Å². The van der Waals surface area contributed by atoms with Crippen LogP contribution in [0.2, 0.25) is 0 Å². The molecule has 1 N–H and O–H groups in total. The van der Waals surface area contributed by atoms with Crippen LogP contribution in [-0.2, 0) is 6.42 Å². The molecule has 0 saturated carbocycles. The molecule has 1 unspecified atom stereocenters. The first-order chi connectivity index (χ1) is 8.83. The van der Waals surface area contributed by atoms with Crippen LogP contribution in [0, 0.1) is 0 Å². The van der Waals surface area contributed by atoms with Gasteiger partial charge in [0, 0.05) is 17.0 Å². The second-order valence-corrected chi connectivity index (χ2v) is 4.98. The first kappa shape index (κ1) is 13.0. The maximum atomic E-state index is 5.12. The van der Waals surface area contributed by atoms with E-state index in [4.69, 9.17) is 4.74 Å². The molecule has 2 aromatic rings. The maximum absolute atomic E-state index is 5.12. The van der Waals surface area contributed by atoms with Crippen molar-refractivity contribution in [3.05, 3.63) is 40.5 Å². The lowest BCUT2D eigenvalue weighted by atomic mass is 10.1. The van der Waals surface area contributed by atoms with Crippen LogP contribution in [0.15, 0.2) is 29.9 Å². The van der Waals surface area contributed by atoms with Crippen molar-refractivity contribution in [1.29, 1.82) is 0 Å². The van der Waals surface area contributed by atoms with E-state index in [1.54, 1.807) is 24.8 Å². The van der Waals surface area contributed by atoms with Crippen LogP contribution in [0.1, 0.15) is 23.0 Å². The molecule has 96 valence electrons. The average Bonchev–Trinajstić information content (AvgIpc) is 2.93. The summed E-state index contributed by atoms with van der Waals surface area (Å²) in [4.78, 5) is 9.73. The predicted molar refractivity (Wildman–Crippen MR) is 73.0 cm³/mol. The van der Waals surface area contributed by atoms with E-state index in [0.29, 0.717) is 5.88 Å². The fraction of sp³-hybridized carbons (Fsp3) is 0.385. The highest BCUT2D eigenvalue weighted by molar-refractivity contribution is 7.09. The molecule has 0 spiro atoms. The average molecular weight is 263 g/mol. The SMILES string of the molecule is CNC(CCc1cccs1)c1cc(OC)ncn1. The second-order valence-electron chi connectivity index (χ2n) is 3.94. The van der Waals surface area contributed by atoms with Crippen molar-refractivity contribution in [3.63, 3.8) is 0 Å². The Balaban J connectivity index is 2.03. The van der Waals surface area contributed by atoms with E-state index < -0.39 is 0 Å². The van der Waals surface area contributed by atoms with Crippen LogP contribution in [0.25, 0.3) is 0 Å². The zero-order valence-corrected chi connectivity index (χ0v) is 11.4. The minimum atomic E-state index is 0.226. The maximum Gasteiger partial charge on any atom is 0.216 e. The Morgan fingerprint density at radius 1 is 1.44 bits per heavy atom. The topological polar surface area (TPSA) is 47.0 Å². The monoisotopic (exact) mass is 263 g/mol. The van der Waals surface area contributed by atoms with E-state index in [-0.39, 0.29) is 6.04 Å². The largest absolute Gasteiger partial charge is 0.481 e. The van der Waals surface area contributed by atoms with Gasteiger partial charge in [-0.2, -0.15) is 0 Å². The van der Waals surface area contributed by atoms with Crippen molar-refractivity contribution >= 4 is 11.3 Å². The van der Waals surface area contributed by atoms with Gasteiger partial charge in [0.15, 0.2) is 0 Å². The van der Waals surface area contributed by atoms with E-state index >= 15 is 0 Å². The van der Waals surface area contributed by atoms with Gasteiger partial charge in [0.05, 0.1) is 12.8 Å². The van der Waals surface area contributed by atoms with Crippen molar-refractivity contribution in [2.24, 2.45) is 0 Å². The van der Waals surface area contributed by atoms with Crippen LogP contribution in [0.3, 0.4) is 0 Å². The number of hydrogen-bond donors (Lipinski definition) is 1. The summed E-state index contributed by atoms with van der Waals surface area (Å²) in [6.07, 6.45) is 3.61. The number of methoxy groups -OCH3 is 1. The highest BCUT2D eigenvalue weighted by Gasteiger charge is 2.12. The van der Waals surface area contributed by atoms with Crippen LogP contribution in [-0.4, -0.2) is 24.1 Å². The van der Waals surface area contributed by atoms with Gasteiger partial charge >= 0.3 is 0 Å². The van der Waals surface area contributed by atoms with Gasteiger partial charge in [-0.05, 0) is 31.3 Å². The number of rotatable bonds is 6. The Kier molecular flexibility index (Phi) is 4.66. The minimum absolute atomic E-state index is 0.226. The van der Waals surface area contributed by atoms with E-state index in [0.717, 1.165) is 18.5 Å². The quantitative estimate of drug-likeness (QED) is 0.869. The summed E-state index contributed by atoms with van der Waals surface area (Å²) < 4.78 is 5.12. The number of nitrogens with one attached hydrogen (secondary N) is 1. The first-order valence-electron chi connectivity index (χ1n) is 5.89. The molecule has 5 heteroatoms. The van der Waals surface area contributed by atoms with Gasteiger partial charge in [-0.15, -0.1) is 11.3 Å². The molecular formula is C13H17N3OS. The lowest BCUT2D eigenvalue weighted by Crippen LogP contribution is -2.18. The van der Waals surface area contributed by atoms with Crippen molar-refractivity contribution in [2.45, 2.75) is 18.9 Å². The summed E-state index contributed by atoms with van der Waals surface area (Å²) in [5.41, 5.74) is 0.973. The molecule has 0 radical (unpaired) electrons. The molecular weight excluding hydrogens is 246 g/mol. The van der Waals surface area contributed by atoms with Gasteiger partial charge in [0.25, 0.3) is 0 Å². The number of aryl methyl sites for hydroxylation is 1. The predicted octanol–water partition coefficient (Wildman–Crippen LogP) is 2.44. The Hall–Kier alpha value is -1.46. The van der Waals surface area contributed by atoms with Crippen LogP contribution < -0.4 is 10.1 Å². The molecule has 2 heterocycles. The zero-order chi connectivity index (χ0) is 12.8. The van der Waals surface area contributed by atoms with E-state index in [2.05, 4.69) is 32.8 Å². The fourth-order valence-corrected chi connectivity index (χ4v) is 2.56. The smallest absolute Gasteiger partial charge is 0.216 e. The number of thiophene rings is 1. The molecule has 4 nitrogen and oxygen atoms in total. The summed E-state index contributed by atoms with van der Waals surface area (Å²) in [5.74, 6) is 0.608. The third kappa shape index (κ3) is 3.27. The molecule has 0 amide bonds.